The zero-order valence-electron chi connectivity index (χ0n) is 11.7. The van der Waals surface area contributed by atoms with Crippen molar-refractivity contribution in [1.29, 1.82) is 0 Å². The molecule has 112 valence electrons. The predicted molar refractivity (Wildman–Crippen MR) is 81.4 cm³/mol. The third-order valence-corrected chi connectivity index (χ3v) is 4.21. The molecule has 0 spiro atoms. The van der Waals surface area contributed by atoms with Crippen molar-refractivity contribution in [3.05, 3.63) is 54.7 Å². The number of H-pyrrole nitrogens is 1. The summed E-state index contributed by atoms with van der Waals surface area (Å²) in [5.74, 6) is 1.04. The van der Waals surface area contributed by atoms with Gasteiger partial charge in [0.05, 0.1) is 4.90 Å². The van der Waals surface area contributed by atoms with E-state index in [0.29, 0.717) is 16.5 Å². The highest BCUT2D eigenvalue weighted by molar-refractivity contribution is 7.90. The van der Waals surface area contributed by atoms with Crippen LogP contribution in [0.25, 0.3) is 11.1 Å². The Balaban J connectivity index is 1.80. The molecule has 7 heteroatoms. The minimum Gasteiger partial charge on any atom is -0.436 e. The largest absolute Gasteiger partial charge is 0.436 e. The van der Waals surface area contributed by atoms with Gasteiger partial charge in [-0.3, -0.25) is 0 Å². The first kappa shape index (κ1) is 14.3. The first-order valence-corrected chi connectivity index (χ1v) is 8.36. The lowest BCUT2D eigenvalue weighted by atomic mass is 10.1. The van der Waals surface area contributed by atoms with Crippen LogP contribution in [0.15, 0.2) is 59.6 Å². The lowest BCUT2D eigenvalue weighted by molar-refractivity contribution is 0.461. The topological polar surface area (TPSA) is 84.9 Å². The van der Waals surface area contributed by atoms with Gasteiger partial charge in [0.2, 0.25) is 0 Å². The third kappa shape index (κ3) is 3.15. The molecule has 0 radical (unpaired) electrons. The number of aromatic nitrogens is 3. The number of benzene rings is 2. The number of nitrogens with one attached hydrogen (secondary N) is 1. The maximum atomic E-state index is 11.4. The molecular formula is C15H13N3O3S. The summed E-state index contributed by atoms with van der Waals surface area (Å²) in [6.07, 6.45) is 2.68. The Kier molecular flexibility index (Phi) is 3.64. The van der Waals surface area contributed by atoms with Gasteiger partial charge in [-0.2, -0.15) is 10.3 Å². The van der Waals surface area contributed by atoms with Gasteiger partial charge in [-0.15, -0.1) is 5.10 Å². The minimum absolute atomic E-state index is 0.308. The SMILES string of the molecule is CS(=O)(=O)c1ccc(-c2ccc(Oc3cn[nH]n3)cc2)cc1. The molecule has 1 heterocycles. The van der Waals surface area contributed by atoms with Crippen LogP contribution in [-0.4, -0.2) is 30.1 Å². The first-order chi connectivity index (χ1) is 10.5. The molecule has 1 aromatic heterocycles. The first-order valence-electron chi connectivity index (χ1n) is 6.46. The summed E-state index contributed by atoms with van der Waals surface area (Å²) in [5.41, 5.74) is 1.90. The molecule has 22 heavy (non-hydrogen) atoms. The number of rotatable bonds is 4. The Morgan fingerprint density at radius 1 is 0.955 bits per heavy atom. The Bertz CT molecular complexity index is 855. The van der Waals surface area contributed by atoms with E-state index in [2.05, 4.69) is 15.4 Å². The van der Waals surface area contributed by atoms with Crippen LogP contribution in [0.4, 0.5) is 0 Å². The summed E-state index contributed by atoms with van der Waals surface area (Å²) in [6, 6.07) is 14.2. The van der Waals surface area contributed by atoms with E-state index in [0.717, 1.165) is 11.1 Å². The molecule has 6 nitrogen and oxygen atoms in total. The number of hydrogen-bond acceptors (Lipinski definition) is 5. The smallest absolute Gasteiger partial charge is 0.258 e. The minimum atomic E-state index is -3.17. The molecular weight excluding hydrogens is 302 g/mol. The van der Waals surface area contributed by atoms with Gasteiger partial charge in [-0.1, -0.05) is 24.3 Å². The van der Waals surface area contributed by atoms with Crippen molar-refractivity contribution < 1.29 is 13.2 Å². The molecule has 2 aromatic carbocycles. The predicted octanol–water partition coefficient (Wildman–Crippen LogP) is 2.67. The molecule has 3 aromatic rings. The quantitative estimate of drug-likeness (QED) is 0.800. The molecule has 1 N–H and O–H groups in total. The molecule has 0 bridgehead atoms. The zero-order valence-corrected chi connectivity index (χ0v) is 12.5. The maximum absolute atomic E-state index is 11.4. The Morgan fingerprint density at radius 3 is 2.05 bits per heavy atom. The standard InChI is InChI=1S/C15H13N3O3S/c1-22(19,20)14-8-4-12(5-9-14)11-2-6-13(7-3-11)21-15-10-16-18-17-15/h2-10H,1H3,(H,16,17,18). The fraction of sp³-hybridized carbons (Fsp3) is 0.0667. The van der Waals surface area contributed by atoms with Crippen molar-refractivity contribution >= 4 is 9.84 Å². The van der Waals surface area contributed by atoms with E-state index in [1.807, 2.05) is 24.3 Å². The van der Waals surface area contributed by atoms with E-state index < -0.39 is 9.84 Å². The summed E-state index contributed by atoms with van der Waals surface area (Å²) in [5, 5.41) is 9.94. The van der Waals surface area contributed by atoms with Crippen molar-refractivity contribution in [3.8, 4) is 22.8 Å². The van der Waals surface area contributed by atoms with Gasteiger partial charge < -0.3 is 4.74 Å². The lowest BCUT2D eigenvalue weighted by Gasteiger charge is -2.05. The van der Waals surface area contributed by atoms with Crippen LogP contribution in [-0.2, 0) is 9.84 Å². The van der Waals surface area contributed by atoms with Crippen LogP contribution in [0.1, 0.15) is 0 Å². The monoisotopic (exact) mass is 315 g/mol. The number of sulfone groups is 1. The Labute approximate surface area is 127 Å². The average Bonchev–Trinajstić information content (AvgIpc) is 3.00. The van der Waals surface area contributed by atoms with Gasteiger partial charge in [-0.25, -0.2) is 8.42 Å². The van der Waals surface area contributed by atoms with E-state index in [4.69, 9.17) is 4.74 Å². The van der Waals surface area contributed by atoms with E-state index in [1.165, 1.54) is 12.5 Å². The second kappa shape index (κ2) is 5.61. The molecule has 0 aliphatic carbocycles. The Hall–Kier alpha value is -2.67. The summed E-state index contributed by atoms with van der Waals surface area (Å²) < 4.78 is 28.4. The number of ether oxygens (including phenoxy) is 1. The van der Waals surface area contributed by atoms with Crippen LogP contribution >= 0.6 is 0 Å². The molecule has 3 rings (SSSR count). The summed E-state index contributed by atoms with van der Waals surface area (Å²) in [4.78, 5) is 0.308. The molecule has 0 saturated carbocycles. The van der Waals surface area contributed by atoms with Gasteiger partial charge in [0.25, 0.3) is 5.88 Å². The molecule has 0 aliphatic rings. The molecule has 0 amide bonds. The van der Waals surface area contributed by atoms with Crippen molar-refractivity contribution in [1.82, 2.24) is 15.4 Å². The molecule has 0 aliphatic heterocycles. The van der Waals surface area contributed by atoms with Crippen LogP contribution in [0.2, 0.25) is 0 Å². The van der Waals surface area contributed by atoms with Gasteiger partial charge in [0.15, 0.2) is 9.84 Å². The highest BCUT2D eigenvalue weighted by Gasteiger charge is 2.07. The van der Waals surface area contributed by atoms with Crippen LogP contribution in [0.3, 0.4) is 0 Å². The number of aromatic amines is 1. The summed E-state index contributed by atoms with van der Waals surface area (Å²) >= 11 is 0. The van der Waals surface area contributed by atoms with Crippen LogP contribution < -0.4 is 4.74 Å². The van der Waals surface area contributed by atoms with Gasteiger partial charge in [0.1, 0.15) is 11.9 Å². The highest BCUT2D eigenvalue weighted by Crippen LogP contribution is 2.25. The summed E-state index contributed by atoms with van der Waals surface area (Å²) in [6.45, 7) is 0. The van der Waals surface area contributed by atoms with Crippen molar-refractivity contribution in [2.45, 2.75) is 4.90 Å². The fourth-order valence-electron chi connectivity index (χ4n) is 1.97. The maximum Gasteiger partial charge on any atom is 0.258 e. The van der Waals surface area contributed by atoms with Crippen molar-refractivity contribution in [2.24, 2.45) is 0 Å². The second-order valence-electron chi connectivity index (χ2n) is 4.73. The van der Waals surface area contributed by atoms with Gasteiger partial charge in [0, 0.05) is 6.26 Å². The van der Waals surface area contributed by atoms with E-state index in [9.17, 15) is 8.42 Å². The normalized spacial score (nSPS) is 11.3. The van der Waals surface area contributed by atoms with E-state index in [-0.39, 0.29) is 0 Å². The number of nitrogens with zero attached hydrogens (tertiary/aromatic N) is 2. The van der Waals surface area contributed by atoms with Crippen molar-refractivity contribution in [3.63, 3.8) is 0 Å². The molecule has 0 atom stereocenters. The number of hydrogen-bond donors (Lipinski definition) is 1. The fourth-order valence-corrected chi connectivity index (χ4v) is 2.60. The Morgan fingerprint density at radius 2 is 1.55 bits per heavy atom. The summed E-state index contributed by atoms with van der Waals surface area (Å²) in [7, 11) is -3.17. The highest BCUT2D eigenvalue weighted by atomic mass is 32.2. The third-order valence-electron chi connectivity index (χ3n) is 3.09. The van der Waals surface area contributed by atoms with Gasteiger partial charge >= 0.3 is 0 Å². The molecule has 0 fully saturated rings. The second-order valence-corrected chi connectivity index (χ2v) is 6.75. The van der Waals surface area contributed by atoms with E-state index >= 15 is 0 Å². The van der Waals surface area contributed by atoms with Gasteiger partial charge in [-0.05, 0) is 35.4 Å². The van der Waals surface area contributed by atoms with Crippen LogP contribution in [0.5, 0.6) is 11.6 Å². The molecule has 0 unspecified atom stereocenters. The lowest BCUT2D eigenvalue weighted by Crippen LogP contribution is -1.96. The molecule has 0 saturated heterocycles. The van der Waals surface area contributed by atoms with Crippen molar-refractivity contribution in [2.75, 3.05) is 6.26 Å². The average molecular weight is 315 g/mol. The zero-order chi connectivity index (χ0) is 15.6. The van der Waals surface area contributed by atoms with Crippen LogP contribution in [0, 0.1) is 0 Å². The van der Waals surface area contributed by atoms with E-state index in [1.54, 1.807) is 24.3 Å².